The third-order valence-electron chi connectivity index (χ3n) is 6.47. The molecule has 3 aromatic heterocycles. The summed E-state index contributed by atoms with van der Waals surface area (Å²) in [5, 5.41) is 9.70. The van der Waals surface area contributed by atoms with Gasteiger partial charge in [-0.25, -0.2) is 9.37 Å². The third kappa shape index (κ3) is 5.40. The maximum absolute atomic E-state index is 13.5. The molecule has 0 spiro atoms. The lowest BCUT2D eigenvalue weighted by molar-refractivity contribution is 0.102. The monoisotopic (exact) mass is 484 g/mol. The summed E-state index contributed by atoms with van der Waals surface area (Å²) in [7, 11) is 1.00. The van der Waals surface area contributed by atoms with Crippen molar-refractivity contribution in [1.82, 2.24) is 14.0 Å². The van der Waals surface area contributed by atoms with Gasteiger partial charge in [-0.15, -0.1) is 0 Å². The third-order valence-corrected chi connectivity index (χ3v) is 6.47. The van der Waals surface area contributed by atoms with E-state index in [4.69, 9.17) is 14.8 Å². The van der Waals surface area contributed by atoms with Gasteiger partial charge in [0.15, 0.2) is 0 Å². The highest BCUT2D eigenvalue weighted by Crippen LogP contribution is 2.38. The van der Waals surface area contributed by atoms with Gasteiger partial charge >= 0.3 is 0 Å². The number of aromatic nitrogens is 3. The SMILES string of the molecule is CC(C)Oc1cc2nc(C3CCCCC3)cn2cc1C(=O)Nc1cccn(C2CC2F)c1=O.CO. The molecular formula is C26H33FN4O4. The Kier molecular flexibility index (Phi) is 7.54. The molecule has 1 amide bonds. The Hall–Kier alpha value is -3.20. The number of amides is 1. The first-order chi connectivity index (χ1) is 16.9. The zero-order chi connectivity index (χ0) is 25.1. The average molecular weight is 485 g/mol. The highest BCUT2D eigenvalue weighted by molar-refractivity contribution is 6.06. The van der Waals surface area contributed by atoms with E-state index in [1.807, 2.05) is 24.4 Å². The quantitative estimate of drug-likeness (QED) is 0.538. The van der Waals surface area contributed by atoms with Crippen LogP contribution < -0.4 is 15.6 Å². The minimum absolute atomic E-state index is 0.116. The van der Waals surface area contributed by atoms with Gasteiger partial charge in [0.1, 0.15) is 23.3 Å². The number of ether oxygens (including phenoxy) is 1. The first-order valence-electron chi connectivity index (χ1n) is 12.2. The second-order valence-electron chi connectivity index (χ2n) is 9.39. The maximum atomic E-state index is 13.5. The molecule has 2 aliphatic rings. The number of fused-ring (bicyclic) bond motifs is 1. The number of carbonyl (C=O) groups is 1. The standard InChI is InChI=1S/C25H29FN4O3.CH4O/c1-15(2)33-22-12-23-27-20(16-7-4-3-5-8-16)14-29(23)13-17(22)24(31)28-19-9-6-10-30(25(19)32)21-11-18(21)26;1-2/h6,9-10,12-16,18,21H,3-5,7-8,11H2,1-2H3,(H,28,31);2H,1H3. The largest absolute Gasteiger partial charge is 0.490 e. The summed E-state index contributed by atoms with van der Waals surface area (Å²) < 4.78 is 22.6. The summed E-state index contributed by atoms with van der Waals surface area (Å²) in [5.74, 6) is 0.399. The second kappa shape index (κ2) is 10.6. The molecule has 35 heavy (non-hydrogen) atoms. The second-order valence-corrected chi connectivity index (χ2v) is 9.39. The lowest BCUT2D eigenvalue weighted by atomic mass is 9.87. The van der Waals surface area contributed by atoms with E-state index in [0.29, 0.717) is 23.7 Å². The van der Waals surface area contributed by atoms with Crippen molar-refractivity contribution < 1.29 is 19.0 Å². The molecule has 3 heterocycles. The van der Waals surface area contributed by atoms with Crippen molar-refractivity contribution in [3.05, 3.63) is 58.4 Å². The predicted octanol–water partition coefficient (Wildman–Crippen LogP) is 4.47. The fourth-order valence-corrected chi connectivity index (χ4v) is 4.65. The van der Waals surface area contributed by atoms with E-state index in [-0.39, 0.29) is 11.8 Å². The number of carbonyl (C=O) groups excluding carboxylic acids is 1. The number of nitrogens with zero attached hydrogens (tertiary/aromatic N) is 3. The van der Waals surface area contributed by atoms with Crippen molar-refractivity contribution in [3.63, 3.8) is 0 Å². The fourth-order valence-electron chi connectivity index (χ4n) is 4.65. The van der Waals surface area contributed by atoms with Gasteiger partial charge in [0.2, 0.25) is 0 Å². The molecule has 2 atom stereocenters. The zero-order valence-corrected chi connectivity index (χ0v) is 20.4. The molecule has 2 unspecified atom stereocenters. The molecule has 188 valence electrons. The number of nitrogens with one attached hydrogen (secondary N) is 1. The Morgan fingerprint density at radius 1 is 1.23 bits per heavy atom. The van der Waals surface area contributed by atoms with Crippen LogP contribution in [-0.4, -0.2) is 44.4 Å². The Morgan fingerprint density at radius 3 is 2.60 bits per heavy atom. The van der Waals surface area contributed by atoms with Crippen LogP contribution in [0.25, 0.3) is 5.65 Å². The van der Waals surface area contributed by atoms with Crippen LogP contribution in [0.2, 0.25) is 0 Å². The molecular weight excluding hydrogens is 451 g/mol. The highest BCUT2D eigenvalue weighted by Gasteiger charge is 2.40. The molecule has 2 N–H and O–H groups in total. The molecule has 3 aromatic rings. The van der Waals surface area contributed by atoms with Crippen LogP contribution in [-0.2, 0) is 0 Å². The number of hydrogen-bond acceptors (Lipinski definition) is 5. The minimum Gasteiger partial charge on any atom is -0.490 e. The smallest absolute Gasteiger partial charge is 0.274 e. The summed E-state index contributed by atoms with van der Waals surface area (Å²) in [5.41, 5.74) is 1.79. The van der Waals surface area contributed by atoms with Crippen molar-refractivity contribution in [3.8, 4) is 5.75 Å². The Balaban J connectivity index is 0.00000141. The van der Waals surface area contributed by atoms with Gasteiger partial charge in [0.25, 0.3) is 11.5 Å². The van der Waals surface area contributed by atoms with Crippen molar-refractivity contribution >= 4 is 17.2 Å². The van der Waals surface area contributed by atoms with Crippen LogP contribution in [0.15, 0.2) is 41.6 Å². The predicted molar refractivity (Wildman–Crippen MR) is 132 cm³/mol. The van der Waals surface area contributed by atoms with E-state index in [1.165, 1.54) is 29.9 Å². The van der Waals surface area contributed by atoms with Crippen LogP contribution in [0.5, 0.6) is 5.75 Å². The average Bonchev–Trinajstić information content (AvgIpc) is 3.43. The van der Waals surface area contributed by atoms with E-state index in [9.17, 15) is 14.0 Å². The van der Waals surface area contributed by atoms with Crippen molar-refractivity contribution in [2.45, 2.75) is 76.6 Å². The van der Waals surface area contributed by atoms with E-state index in [2.05, 4.69) is 5.32 Å². The zero-order valence-electron chi connectivity index (χ0n) is 20.4. The molecule has 0 radical (unpaired) electrons. The summed E-state index contributed by atoms with van der Waals surface area (Å²) in [6, 6.07) is 4.51. The highest BCUT2D eigenvalue weighted by atomic mass is 19.1. The number of pyridine rings is 2. The minimum atomic E-state index is -1.01. The number of aliphatic hydroxyl groups is 1. The molecule has 9 heteroatoms. The van der Waals surface area contributed by atoms with Crippen LogP contribution in [0.4, 0.5) is 10.1 Å². The van der Waals surface area contributed by atoms with Gasteiger partial charge in [-0.1, -0.05) is 19.3 Å². The molecule has 2 fully saturated rings. The Labute approximate surface area is 203 Å². The molecule has 2 aliphatic carbocycles. The normalized spacial score (nSPS) is 19.8. The molecule has 0 saturated heterocycles. The molecule has 8 nitrogen and oxygen atoms in total. The van der Waals surface area contributed by atoms with Gasteiger partial charge < -0.3 is 24.1 Å². The van der Waals surface area contributed by atoms with E-state index in [0.717, 1.165) is 31.3 Å². The van der Waals surface area contributed by atoms with Crippen LogP contribution >= 0.6 is 0 Å². The van der Waals surface area contributed by atoms with Crippen LogP contribution in [0, 0.1) is 0 Å². The van der Waals surface area contributed by atoms with Crippen molar-refractivity contribution in [2.24, 2.45) is 0 Å². The van der Waals surface area contributed by atoms with Crippen LogP contribution in [0.3, 0.4) is 0 Å². The van der Waals surface area contributed by atoms with E-state index < -0.39 is 23.7 Å². The Morgan fingerprint density at radius 2 is 1.94 bits per heavy atom. The summed E-state index contributed by atoms with van der Waals surface area (Å²) in [6.07, 6.45) is 10.4. The molecule has 0 bridgehead atoms. The number of halogens is 1. The number of anilines is 1. The number of alkyl halides is 1. The van der Waals surface area contributed by atoms with Crippen molar-refractivity contribution in [1.29, 1.82) is 0 Å². The molecule has 5 rings (SSSR count). The lowest BCUT2D eigenvalue weighted by Crippen LogP contribution is -2.26. The Bertz CT molecular complexity index is 1250. The number of aliphatic hydroxyl groups excluding tert-OH is 1. The maximum Gasteiger partial charge on any atom is 0.274 e. The van der Waals surface area contributed by atoms with Gasteiger partial charge in [0.05, 0.1) is 23.4 Å². The number of rotatable bonds is 6. The summed E-state index contributed by atoms with van der Waals surface area (Å²) in [4.78, 5) is 30.8. The van der Waals surface area contributed by atoms with Gasteiger partial charge in [-0.05, 0) is 38.8 Å². The fraction of sp³-hybridized carbons (Fsp3) is 0.500. The first-order valence-corrected chi connectivity index (χ1v) is 12.2. The first kappa shape index (κ1) is 24.9. The van der Waals surface area contributed by atoms with Gasteiger partial charge in [-0.2, -0.15) is 0 Å². The van der Waals surface area contributed by atoms with Crippen molar-refractivity contribution in [2.75, 3.05) is 12.4 Å². The number of imidazole rings is 1. The molecule has 0 aliphatic heterocycles. The summed E-state index contributed by atoms with van der Waals surface area (Å²) in [6.45, 7) is 3.79. The van der Waals surface area contributed by atoms with Gasteiger partial charge in [-0.3, -0.25) is 9.59 Å². The molecule has 0 aromatic carbocycles. The number of hydrogen-bond donors (Lipinski definition) is 2. The lowest BCUT2D eigenvalue weighted by Gasteiger charge is -2.19. The van der Waals surface area contributed by atoms with Crippen LogP contribution in [0.1, 0.15) is 80.4 Å². The summed E-state index contributed by atoms with van der Waals surface area (Å²) >= 11 is 0. The topological polar surface area (TPSA) is 97.9 Å². The van der Waals surface area contributed by atoms with Gasteiger partial charge in [0, 0.05) is 44.1 Å². The van der Waals surface area contributed by atoms with E-state index >= 15 is 0 Å². The van der Waals surface area contributed by atoms with E-state index in [1.54, 1.807) is 24.5 Å². The molecule has 2 saturated carbocycles.